The number of hydrogen-bond acceptors (Lipinski definition) is 4. The van der Waals surface area contributed by atoms with Crippen molar-refractivity contribution in [3.05, 3.63) is 64.7 Å². The van der Waals surface area contributed by atoms with Crippen LogP contribution < -0.4 is 0 Å². The van der Waals surface area contributed by atoms with E-state index < -0.39 is 4.92 Å². The van der Waals surface area contributed by atoms with Crippen molar-refractivity contribution in [2.24, 2.45) is 0 Å². The van der Waals surface area contributed by atoms with Crippen molar-refractivity contribution in [3.8, 4) is 11.4 Å². The van der Waals surface area contributed by atoms with Crippen LogP contribution in [0.15, 0.2) is 54.6 Å². The van der Waals surface area contributed by atoms with Crippen LogP contribution in [0.4, 0.5) is 5.82 Å². The third-order valence-electron chi connectivity index (χ3n) is 2.79. The van der Waals surface area contributed by atoms with Gasteiger partial charge in [-0.15, -0.1) is 0 Å². The molecule has 0 aliphatic carbocycles. The molecule has 0 radical (unpaired) electrons. The summed E-state index contributed by atoms with van der Waals surface area (Å²) in [6.07, 6.45) is 0. The summed E-state index contributed by atoms with van der Waals surface area (Å²) >= 11 is 0. The number of rotatable bonds is 2. The Bertz CT molecular complexity index is 757. The third-order valence-corrected chi connectivity index (χ3v) is 2.79. The first-order valence-electron chi connectivity index (χ1n) is 5.72. The molecular formula is C14H9N3O2. The minimum Gasteiger partial charge on any atom is -0.358 e. The third kappa shape index (κ3) is 2.01. The molecule has 3 aromatic rings. The lowest BCUT2D eigenvalue weighted by atomic mass is 10.2. The molecule has 1 aromatic heterocycles. The van der Waals surface area contributed by atoms with E-state index in [1.807, 2.05) is 30.3 Å². The lowest BCUT2D eigenvalue weighted by Gasteiger charge is -2.01. The summed E-state index contributed by atoms with van der Waals surface area (Å²) < 4.78 is 0. The molecule has 0 N–H and O–H groups in total. The van der Waals surface area contributed by atoms with E-state index in [9.17, 15) is 10.1 Å². The topological polar surface area (TPSA) is 68.9 Å². The van der Waals surface area contributed by atoms with Gasteiger partial charge in [0.1, 0.15) is 0 Å². The van der Waals surface area contributed by atoms with Crippen LogP contribution in [-0.4, -0.2) is 14.9 Å². The Morgan fingerprint density at radius 3 is 2.32 bits per heavy atom. The first-order chi connectivity index (χ1) is 9.25. The van der Waals surface area contributed by atoms with Gasteiger partial charge in [0.2, 0.25) is 0 Å². The highest BCUT2D eigenvalue weighted by molar-refractivity contribution is 5.87. The normalized spacial score (nSPS) is 10.5. The Morgan fingerprint density at radius 2 is 1.58 bits per heavy atom. The molecule has 3 rings (SSSR count). The second-order valence-electron chi connectivity index (χ2n) is 4.01. The van der Waals surface area contributed by atoms with Crippen molar-refractivity contribution in [2.75, 3.05) is 0 Å². The molecule has 2 aromatic carbocycles. The number of nitrogens with zero attached hydrogens (tertiary/aromatic N) is 3. The summed E-state index contributed by atoms with van der Waals surface area (Å²) in [5.41, 5.74) is 1.33. The van der Waals surface area contributed by atoms with Crippen molar-refractivity contribution in [2.45, 2.75) is 0 Å². The van der Waals surface area contributed by atoms with Crippen LogP contribution in [0.5, 0.6) is 0 Å². The van der Waals surface area contributed by atoms with Crippen molar-refractivity contribution < 1.29 is 4.92 Å². The van der Waals surface area contributed by atoms with Gasteiger partial charge in [-0.2, -0.15) is 0 Å². The standard InChI is InChI=1S/C14H9N3O2/c18-17(19)14-11-8-4-5-9-12(11)15-13(16-14)10-6-2-1-3-7-10/h1-9H. The average Bonchev–Trinajstić information content (AvgIpc) is 2.47. The molecule has 0 fully saturated rings. The van der Waals surface area contributed by atoms with Crippen LogP contribution in [0.1, 0.15) is 0 Å². The van der Waals surface area contributed by atoms with Crippen LogP contribution in [0, 0.1) is 10.1 Å². The maximum Gasteiger partial charge on any atom is 0.375 e. The number of fused-ring (bicyclic) bond motifs is 1. The van der Waals surface area contributed by atoms with Gasteiger partial charge in [-0.1, -0.05) is 30.3 Å². The van der Waals surface area contributed by atoms with Crippen LogP contribution in [0.25, 0.3) is 22.3 Å². The molecule has 0 unspecified atom stereocenters. The summed E-state index contributed by atoms with van der Waals surface area (Å²) in [6, 6.07) is 16.2. The van der Waals surface area contributed by atoms with Crippen molar-refractivity contribution in [3.63, 3.8) is 0 Å². The molecule has 0 bridgehead atoms. The minimum atomic E-state index is -0.476. The monoisotopic (exact) mass is 251 g/mol. The number of nitro groups is 1. The van der Waals surface area contributed by atoms with Gasteiger partial charge in [0.25, 0.3) is 5.82 Å². The Hall–Kier alpha value is -2.82. The SMILES string of the molecule is O=[N+]([O-])c1nc(-c2ccccc2)nc2ccccc12. The summed E-state index contributed by atoms with van der Waals surface area (Å²) in [6.45, 7) is 0. The molecule has 1 heterocycles. The van der Waals surface area contributed by atoms with Crippen LogP contribution in [0.3, 0.4) is 0 Å². The van der Waals surface area contributed by atoms with E-state index in [-0.39, 0.29) is 5.82 Å². The Labute approximate surface area is 108 Å². The molecule has 19 heavy (non-hydrogen) atoms. The fraction of sp³-hybridized carbons (Fsp3) is 0. The molecule has 92 valence electrons. The largest absolute Gasteiger partial charge is 0.375 e. The van der Waals surface area contributed by atoms with E-state index in [4.69, 9.17) is 0 Å². The van der Waals surface area contributed by atoms with Gasteiger partial charge in [-0.3, -0.25) is 0 Å². The molecule has 0 saturated heterocycles. The maximum absolute atomic E-state index is 11.1. The number of hydrogen-bond donors (Lipinski definition) is 0. The van der Waals surface area contributed by atoms with Crippen LogP contribution >= 0.6 is 0 Å². The molecule has 0 aliphatic heterocycles. The maximum atomic E-state index is 11.1. The summed E-state index contributed by atoms with van der Waals surface area (Å²) in [7, 11) is 0. The smallest absolute Gasteiger partial charge is 0.358 e. The molecule has 5 nitrogen and oxygen atoms in total. The summed E-state index contributed by atoms with van der Waals surface area (Å²) in [5, 5.41) is 11.6. The zero-order valence-electron chi connectivity index (χ0n) is 9.85. The Balaban J connectivity index is 2.31. The first kappa shape index (κ1) is 11.3. The highest BCUT2D eigenvalue weighted by Crippen LogP contribution is 2.25. The van der Waals surface area contributed by atoms with Gasteiger partial charge in [0.05, 0.1) is 10.9 Å². The predicted molar refractivity (Wildman–Crippen MR) is 71.6 cm³/mol. The molecular weight excluding hydrogens is 242 g/mol. The summed E-state index contributed by atoms with van der Waals surface area (Å²) in [5.74, 6) is 0.204. The lowest BCUT2D eigenvalue weighted by molar-refractivity contribution is -0.387. The molecule has 0 atom stereocenters. The quantitative estimate of drug-likeness (QED) is 0.518. The lowest BCUT2D eigenvalue weighted by Crippen LogP contribution is -1.98. The first-order valence-corrected chi connectivity index (χ1v) is 5.72. The highest BCUT2D eigenvalue weighted by Gasteiger charge is 2.18. The summed E-state index contributed by atoms with van der Waals surface area (Å²) in [4.78, 5) is 19.1. The van der Waals surface area contributed by atoms with E-state index in [0.29, 0.717) is 16.7 Å². The van der Waals surface area contributed by atoms with Crippen molar-refractivity contribution >= 4 is 16.7 Å². The average molecular weight is 251 g/mol. The fourth-order valence-corrected chi connectivity index (χ4v) is 1.92. The second-order valence-corrected chi connectivity index (χ2v) is 4.01. The number of para-hydroxylation sites is 1. The molecule has 0 aliphatic rings. The van der Waals surface area contributed by atoms with E-state index in [1.54, 1.807) is 24.3 Å². The van der Waals surface area contributed by atoms with Gasteiger partial charge in [0.15, 0.2) is 0 Å². The molecule has 0 saturated carbocycles. The van der Waals surface area contributed by atoms with Gasteiger partial charge >= 0.3 is 5.82 Å². The van der Waals surface area contributed by atoms with E-state index in [2.05, 4.69) is 9.97 Å². The predicted octanol–water partition coefficient (Wildman–Crippen LogP) is 3.21. The zero-order chi connectivity index (χ0) is 13.2. The van der Waals surface area contributed by atoms with Gasteiger partial charge in [0, 0.05) is 5.56 Å². The van der Waals surface area contributed by atoms with Gasteiger partial charge in [-0.25, -0.2) is 4.98 Å². The fourth-order valence-electron chi connectivity index (χ4n) is 1.92. The molecule has 5 heteroatoms. The van der Waals surface area contributed by atoms with Gasteiger partial charge < -0.3 is 10.1 Å². The minimum absolute atomic E-state index is 0.163. The highest BCUT2D eigenvalue weighted by atomic mass is 16.6. The van der Waals surface area contributed by atoms with E-state index >= 15 is 0 Å². The zero-order valence-corrected chi connectivity index (χ0v) is 9.85. The van der Waals surface area contributed by atoms with Crippen molar-refractivity contribution in [1.29, 1.82) is 0 Å². The Kier molecular flexibility index (Phi) is 2.64. The van der Waals surface area contributed by atoms with Crippen LogP contribution in [0.2, 0.25) is 0 Å². The number of aromatic nitrogens is 2. The van der Waals surface area contributed by atoms with Crippen LogP contribution in [-0.2, 0) is 0 Å². The molecule has 0 spiro atoms. The van der Waals surface area contributed by atoms with Gasteiger partial charge in [-0.05, 0) is 34.2 Å². The van der Waals surface area contributed by atoms with Crippen molar-refractivity contribution in [1.82, 2.24) is 9.97 Å². The Morgan fingerprint density at radius 1 is 0.895 bits per heavy atom. The van der Waals surface area contributed by atoms with E-state index in [0.717, 1.165) is 5.56 Å². The molecule has 0 amide bonds. The number of benzene rings is 2. The van der Waals surface area contributed by atoms with E-state index in [1.165, 1.54) is 0 Å². The second kappa shape index (κ2) is 4.45.